The van der Waals surface area contributed by atoms with Gasteiger partial charge in [0.2, 0.25) is 0 Å². The first-order chi connectivity index (χ1) is 12.5. The molecule has 0 fully saturated rings. The number of nitrogens with one attached hydrogen (secondary N) is 2. The second-order valence-corrected chi connectivity index (χ2v) is 5.33. The van der Waals surface area contributed by atoms with E-state index in [9.17, 15) is 20.0 Å². The lowest BCUT2D eigenvalue weighted by molar-refractivity contribution is -0.384. The quantitative estimate of drug-likeness (QED) is 0.367. The SMILES string of the molecule is O=C(Nc1cccnc1Nc1ccc(O)cc1)c1ccc([N+](=O)[O-])cc1. The fourth-order valence-electron chi connectivity index (χ4n) is 2.22. The number of benzene rings is 2. The van der Waals surface area contributed by atoms with Crippen LogP contribution in [0.5, 0.6) is 5.75 Å². The number of nitro benzene ring substituents is 1. The average Bonchev–Trinajstić information content (AvgIpc) is 2.65. The zero-order valence-electron chi connectivity index (χ0n) is 13.4. The summed E-state index contributed by atoms with van der Waals surface area (Å²) in [6, 6.07) is 15.1. The molecule has 2 aromatic carbocycles. The van der Waals surface area contributed by atoms with Crippen LogP contribution in [0.4, 0.5) is 22.9 Å². The molecular weight excluding hydrogens is 336 g/mol. The summed E-state index contributed by atoms with van der Waals surface area (Å²) < 4.78 is 0. The molecule has 0 saturated carbocycles. The van der Waals surface area contributed by atoms with E-state index in [1.807, 2.05) is 0 Å². The molecule has 0 radical (unpaired) electrons. The molecule has 0 aliphatic heterocycles. The molecule has 130 valence electrons. The molecule has 0 atom stereocenters. The van der Waals surface area contributed by atoms with Gasteiger partial charge in [0, 0.05) is 29.6 Å². The number of pyridine rings is 1. The van der Waals surface area contributed by atoms with Crippen molar-refractivity contribution in [3.63, 3.8) is 0 Å². The molecule has 0 spiro atoms. The average molecular weight is 350 g/mol. The molecule has 0 aliphatic carbocycles. The van der Waals surface area contributed by atoms with Crippen molar-refractivity contribution >= 4 is 28.8 Å². The molecule has 0 unspecified atom stereocenters. The van der Waals surface area contributed by atoms with E-state index < -0.39 is 10.8 Å². The molecule has 0 saturated heterocycles. The first kappa shape index (κ1) is 16.9. The molecule has 1 aromatic heterocycles. The minimum Gasteiger partial charge on any atom is -0.508 e. The minimum absolute atomic E-state index is 0.0855. The number of rotatable bonds is 5. The van der Waals surface area contributed by atoms with Gasteiger partial charge in [0.05, 0.1) is 10.6 Å². The number of aromatic hydroxyl groups is 1. The maximum absolute atomic E-state index is 12.4. The van der Waals surface area contributed by atoms with Gasteiger partial charge in [0.25, 0.3) is 11.6 Å². The third-order valence-corrected chi connectivity index (χ3v) is 3.53. The first-order valence-electron chi connectivity index (χ1n) is 7.60. The second-order valence-electron chi connectivity index (χ2n) is 5.33. The van der Waals surface area contributed by atoms with Gasteiger partial charge in [-0.15, -0.1) is 0 Å². The number of non-ortho nitro benzene ring substituents is 1. The maximum atomic E-state index is 12.4. The number of anilines is 3. The summed E-state index contributed by atoms with van der Waals surface area (Å²) in [4.78, 5) is 26.7. The summed E-state index contributed by atoms with van der Waals surface area (Å²) in [5.74, 6) is 0.151. The van der Waals surface area contributed by atoms with Gasteiger partial charge in [-0.1, -0.05) is 0 Å². The highest BCUT2D eigenvalue weighted by atomic mass is 16.6. The topological polar surface area (TPSA) is 117 Å². The van der Waals surface area contributed by atoms with Crippen LogP contribution in [0.1, 0.15) is 10.4 Å². The summed E-state index contributed by atoms with van der Waals surface area (Å²) >= 11 is 0. The molecular formula is C18H14N4O4. The fraction of sp³-hybridized carbons (Fsp3) is 0. The van der Waals surface area contributed by atoms with Crippen LogP contribution in [-0.2, 0) is 0 Å². The van der Waals surface area contributed by atoms with Gasteiger partial charge in [-0.25, -0.2) is 4.98 Å². The Balaban J connectivity index is 1.78. The third kappa shape index (κ3) is 3.93. The van der Waals surface area contributed by atoms with Crippen LogP contribution in [0.25, 0.3) is 0 Å². The Morgan fingerprint density at radius 1 is 1.04 bits per heavy atom. The fourth-order valence-corrected chi connectivity index (χ4v) is 2.22. The summed E-state index contributed by atoms with van der Waals surface area (Å²) in [6.07, 6.45) is 1.57. The van der Waals surface area contributed by atoms with Crippen molar-refractivity contribution in [2.75, 3.05) is 10.6 Å². The highest BCUT2D eigenvalue weighted by molar-refractivity contribution is 6.05. The summed E-state index contributed by atoms with van der Waals surface area (Å²) in [5.41, 5.74) is 1.34. The first-order valence-corrected chi connectivity index (χ1v) is 7.60. The molecule has 3 N–H and O–H groups in total. The lowest BCUT2D eigenvalue weighted by atomic mass is 10.2. The minimum atomic E-state index is -0.525. The summed E-state index contributed by atoms with van der Waals surface area (Å²) in [7, 11) is 0. The molecule has 0 bridgehead atoms. The standard InChI is InChI=1S/C18H14N4O4/c23-15-9-5-13(6-10-15)20-17-16(2-1-11-19-17)21-18(24)12-3-7-14(8-4-12)22(25)26/h1-11,23H,(H,19,20)(H,21,24). The van der Waals surface area contributed by atoms with E-state index in [4.69, 9.17) is 0 Å². The Morgan fingerprint density at radius 2 is 1.73 bits per heavy atom. The van der Waals surface area contributed by atoms with Crippen LogP contribution in [0.3, 0.4) is 0 Å². The number of carbonyl (C=O) groups is 1. The van der Waals surface area contributed by atoms with E-state index in [-0.39, 0.29) is 17.0 Å². The van der Waals surface area contributed by atoms with Gasteiger partial charge in [0.15, 0.2) is 5.82 Å². The summed E-state index contributed by atoms with van der Waals surface area (Å²) in [5, 5.41) is 25.8. The van der Waals surface area contributed by atoms with Crippen molar-refractivity contribution in [2.45, 2.75) is 0 Å². The van der Waals surface area contributed by atoms with Crippen LogP contribution >= 0.6 is 0 Å². The van der Waals surface area contributed by atoms with Gasteiger partial charge in [-0.2, -0.15) is 0 Å². The van der Waals surface area contributed by atoms with Gasteiger partial charge >= 0.3 is 0 Å². The molecule has 26 heavy (non-hydrogen) atoms. The van der Waals surface area contributed by atoms with Crippen LogP contribution in [0, 0.1) is 10.1 Å². The normalized spacial score (nSPS) is 10.2. The Morgan fingerprint density at radius 3 is 2.38 bits per heavy atom. The van der Waals surface area contributed by atoms with E-state index in [0.29, 0.717) is 17.2 Å². The number of amides is 1. The number of hydrogen-bond acceptors (Lipinski definition) is 6. The zero-order valence-corrected chi connectivity index (χ0v) is 13.4. The molecule has 8 heteroatoms. The number of hydrogen-bond donors (Lipinski definition) is 3. The highest BCUT2D eigenvalue weighted by Crippen LogP contribution is 2.24. The van der Waals surface area contributed by atoms with Gasteiger partial charge in [0.1, 0.15) is 5.75 Å². The largest absolute Gasteiger partial charge is 0.508 e. The van der Waals surface area contributed by atoms with E-state index in [1.165, 1.54) is 36.4 Å². The number of phenolic OH excluding ortho intramolecular Hbond substituents is 1. The second kappa shape index (κ2) is 7.31. The molecule has 3 aromatic rings. The van der Waals surface area contributed by atoms with Gasteiger partial charge in [-0.05, 0) is 48.5 Å². The predicted molar refractivity (Wildman–Crippen MR) is 96.7 cm³/mol. The third-order valence-electron chi connectivity index (χ3n) is 3.53. The summed E-state index contributed by atoms with van der Waals surface area (Å²) in [6.45, 7) is 0. The van der Waals surface area contributed by atoms with Crippen molar-refractivity contribution in [1.29, 1.82) is 0 Å². The smallest absolute Gasteiger partial charge is 0.269 e. The zero-order chi connectivity index (χ0) is 18.5. The lowest BCUT2D eigenvalue weighted by Gasteiger charge is -2.12. The number of carbonyl (C=O) groups excluding carboxylic acids is 1. The van der Waals surface area contributed by atoms with Crippen molar-refractivity contribution in [1.82, 2.24) is 4.98 Å². The van der Waals surface area contributed by atoms with E-state index in [1.54, 1.807) is 30.5 Å². The van der Waals surface area contributed by atoms with Crippen LogP contribution in [0.2, 0.25) is 0 Å². The number of nitro groups is 1. The Labute approximate surface area is 148 Å². The van der Waals surface area contributed by atoms with Crippen molar-refractivity contribution in [3.05, 3.63) is 82.5 Å². The molecule has 8 nitrogen and oxygen atoms in total. The van der Waals surface area contributed by atoms with Crippen molar-refractivity contribution in [2.24, 2.45) is 0 Å². The Kier molecular flexibility index (Phi) is 4.75. The highest BCUT2D eigenvalue weighted by Gasteiger charge is 2.12. The molecule has 1 heterocycles. The molecule has 1 amide bonds. The van der Waals surface area contributed by atoms with E-state index in [0.717, 1.165) is 0 Å². The van der Waals surface area contributed by atoms with Crippen molar-refractivity contribution < 1.29 is 14.8 Å². The van der Waals surface area contributed by atoms with Crippen LogP contribution < -0.4 is 10.6 Å². The Hall–Kier alpha value is -3.94. The lowest BCUT2D eigenvalue weighted by Crippen LogP contribution is -2.13. The molecule has 3 rings (SSSR count). The maximum Gasteiger partial charge on any atom is 0.269 e. The van der Waals surface area contributed by atoms with Gasteiger partial charge < -0.3 is 15.7 Å². The monoisotopic (exact) mass is 350 g/mol. The van der Waals surface area contributed by atoms with Gasteiger partial charge in [-0.3, -0.25) is 14.9 Å². The van der Waals surface area contributed by atoms with Crippen LogP contribution in [0.15, 0.2) is 66.9 Å². The number of aromatic nitrogens is 1. The van der Waals surface area contributed by atoms with E-state index in [2.05, 4.69) is 15.6 Å². The van der Waals surface area contributed by atoms with Crippen LogP contribution in [-0.4, -0.2) is 20.9 Å². The van der Waals surface area contributed by atoms with E-state index >= 15 is 0 Å². The molecule has 0 aliphatic rings. The predicted octanol–water partition coefficient (Wildman–Crippen LogP) is 3.69. The van der Waals surface area contributed by atoms with Crippen molar-refractivity contribution in [3.8, 4) is 5.75 Å². The Bertz CT molecular complexity index is 940. The number of nitrogens with zero attached hydrogens (tertiary/aromatic N) is 2. The number of phenols is 1.